The zero-order valence-electron chi connectivity index (χ0n) is 11.3. The van der Waals surface area contributed by atoms with E-state index < -0.39 is 0 Å². The van der Waals surface area contributed by atoms with Crippen molar-refractivity contribution in [2.24, 2.45) is 0 Å². The summed E-state index contributed by atoms with van der Waals surface area (Å²) in [5.41, 5.74) is 0. The Labute approximate surface area is 111 Å². The van der Waals surface area contributed by atoms with Crippen LogP contribution >= 0.6 is 0 Å². The molecule has 0 aromatic carbocycles. The Balaban J connectivity index is 2.08. The van der Waals surface area contributed by atoms with Gasteiger partial charge in [-0.1, -0.05) is 0 Å². The summed E-state index contributed by atoms with van der Waals surface area (Å²) in [6.07, 6.45) is 1.31. The molecule has 1 fully saturated rings. The number of ether oxygens (including phenoxy) is 1. The Hall–Kier alpha value is -2.12. The largest absolute Gasteiger partial charge is 0.467 e. The number of nitrogens with one attached hydrogen (secondary N) is 2. The fraction of sp³-hybridized carbons (Fsp3) is 0.636. The number of amides is 1. The van der Waals surface area contributed by atoms with Crippen molar-refractivity contribution in [1.82, 2.24) is 19.9 Å². The predicted octanol–water partition coefficient (Wildman–Crippen LogP) is -0.0454. The molecule has 0 bridgehead atoms. The van der Waals surface area contributed by atoms with Crippen molar-refractivity contribution in [2.75, 3.05) is 38.4 Å². The van der Waals surface area contributed by atoms with Crippen molar-refractivity contribution in [2.45, 2.75) is 18.9 Å². The Bertz CT molecular complexity index is 444. The van der Waals surface area contributed by atoms with Crippen molar-refractivity contribution in [3.63, 3.8) is 0 Å². The van der Waals surface area contributed by atoms with Crippen LogP contribution in [0.1, 0.15) is 12.8 Å². The molecule has 1 aliphatic heterocycles. The molecular weight excluding hydrogens is 248 g/mol. The van der Waals surface area contributed by atoms with E-state index in [0.29, 0.717) is 24.9 Å². The van der Waals surface area contributed by atoms with Gasteiger partial charge >= 0.3 is 6.01 Å². The zero-order chi connectivity index (χ0) is 13.8. The number of hydrogen-bond acceptors (Lipinski definition) is 7. The second kappa shape index (κ2) is 5.68. The van der Waals surface area contributed by atoms with Crippen LogP contribution in [0, 0.1) is 0 Å². The quantitative estimate of drug-likeness (QED) is 0.789. The summed E-state index contributed by atoms with van der Waals surface area (Å²) in [4.78, 5) is 25.5. The van der Waals surface area contributed by atoms with Crippen molar-refractivity contribution in [3.8, 4) is 6.01 Å². The predicted molar refractivity (Wildman–Crippen MR) is 70.2 cm³/mol. The minimum Gasteiger partial charge on any atom is -0.467 e. The Morgan fingerprint density at radius 3 is 2.68 bits per heavy atom. The van der Waals surface area contributed by atoms with Gasteiger partial charge in [-0.05, 0) is 6.42 Å². The maximum atomic E-state index is 11.4. The number of methoxy groups -OCH3 is 1. The molecule has 2 N–H and O–H groups in total. The second-order valence-electron chi connectivity index (χ2n) is 4.37. The fourth-order valence-corrected chi connectivity index (χ4v) is 1.94. The van der Waals surface area contributed by atoms with Gasteiger partial charge in [0.25, 0.3) is 0 Å². The third-order valence-electron chi connectivity index (χ3n) is 2.98. The van der Waals surface area contributed by atoms with Crippen LogP contribution in [0.15, 0.2) is 0 Å². The van der Waals surface area contributed by atoms with Crippen LogP contribution in [-0.4, -0.2) is 59.6 Å². The molecule has 2 rings (SSSR count). The molecule has 1 amide bonds. The van der Waals surface area contributed by atoms with E-state index in [2.05, 4.69) is 25.6 Å². The summed E-state index contributed by atoms with van der Waals surface area (Å²) >= 11 is 0. The first kappa shape index (κ1) is 13.3. The first-order valence-corrected chi connectivity index (χ1v) is 6.10. The molecule has 1 aliphatic rings. The van der Waals surface area contributed by atoms with E-state index in [9.17, 15) is 4.79 Å². The van der Waals surface area contributed by atoms with Gasteiger partial charge in [0, 0.05) is 33.1 Å². The third-order valence-corrected chi connectivity index (χ3v) is 2.98. The highest BCUT2D eigenvalue weighted by Gasteiger charge is 2.23. The minimum atomic E-state index is 0.138. The summed E-state index contributed by atoms with van der Waals surface area (Å²) in [7, 11) is 5.03. The molecule has 0 aliphatic carbocycles. The highest BCUT2D eigenvalue weighted by atomic mass is 16.5. The van der Waals surface area contributed by atoms with Crippen LogP contribution in [0.3, 0.4) is 0 Å². The van der Waals surface area contributed by atoms with E-state index in [4.69, 9.17) is 4.74 Å². The second-order valence-corrected chi connectivity index (χ2v) is 4.37. The van der Waals surface area contributed by atoms with Crippen molar-refractivity contribution >= 4 is 17.8 Å². The van der Waals surface area contributed by atoms with E-state index in [1.165, 1.54) is 7.11 Å². The molecule has 1 aromatic heterocycles. The molecular formula is C11H18N6O2. The van der Waals surface area contributed by atoms with Gasteiger partial charge in [-0.2, -0.15) is 15.0 Å². The molecule has 104 valence electrons. The van der Waals surface area contributed by atoms with Crippen molar-refractivity contribution < 1.29 is 9.53 Å². The molecule has 2 heterocycles. The van der Waals surface area contributed by atoms with Crippen LogP contribution < -0.4 is 15.4 Å². The molecule has 0 radical (unpaired) electrons. The average Bonchev–Trinajstić information content (AvgIpc) is 2.42. The number of anilines is 2. The van der Waals surface area contributed by atoms with E-state index in [1.54, 1.807) is 19.0 Å². The summed E-state index contributed by atoms with van der Waals surface area (Å²) in [6, 6.07) is 0.390. The lowest BCUT2D eigenvalue weighted by molar-refractivity contribution is -0.132. The van der Waals surface area contributed by atoms with Crippen LogP contribution in [0.4, 0.5) is 11.9 Å². The first-order chi connectivity index (χ1) is 9.12. The Kier molecular flexibility index (Phi) is 3.98. The summed E-state index contributed by atoms with van der Waals surface area (Å²) < 4.78 is 5.02. The SMILES string of the molecule is CNc1nc(NC2CCC(=O)N(C)C2)nc(OC)n1. The fourth-order valence-electron chi connectivity index (χ4n) is 1.94. The lowest BCUT2D eigenvalue weighted by Crippen LogP contribution is -2.43. The molecule has 19 heavy (non-hydrogen) atoms. The number of piperidine rings is 1. The van der Waals surface area contributed by atoms with Gasteiger partial charge < -0.3 is 20.3 Å². The van der Waals surface area contributed by atoms with Crippen LogP contribution in [-0.2, 0) is 4.79 Å². The Morgan fingerprint density at radius 2 is 2.05 bits per heavy atom. The number of likely N-dealkylation sites (N-methyl/N-ethyl adjacent to an activating group) is 1. The summed E-state index contributed by atoms with van der Waals surface area (Å²) in [5, 5.41) is 6.05. The van der Waals surface area contributed by atoms with E-state index in [-0.39, 0.29) is 18.0 Å². The van der Waals surface area contributed by atoms with Gasteiger partial charge in [0.05, 0.1) is 7.11 Å². The standard InChI is InChI=1S/C11H18N6O2/c1-12-9-14-10(16-11(15-9)19-3)13-7-4-5-8(18)17(2)6-7/h7H,4-6H2,1-3H3,(H2,12,13,14,15,16). The molecule has 8 nitrogen and oxygen atoms in total. The van der Waals surface area contributed by atoms with Crippen molar-refractivity contribution in [3.05, 3.63) is 0 Å². The number of carbonyl (C=O) groups is 1. The molecule has 8 heteroatoms. The number of aromatic nitrogens is 3. The van der Waals surface area contributed by atoms with E-state index in [0.717, 1.165) is 6.42 Å². The van der Waals surface area contributed by atoms with E-state index >= 15 is 0 Å². The third kappa shape index (κ3) is 3.21. The molecule has 1 atom stereocenters. The molecule has 1 unspecified atom stereocenters. The summed E-state index contributed by atoms with van der Waals surface area (Å²) in [6.45, 7) is 0.641. The number of hydrogen-bond donors (Lipinski definition) is 2. The highest BCUT2D eigenvalue weighted by molar-refractivity contribution is 5.76. The maximum Gasteiger partial charge on any atom is 0.322 e. The minimum absolute atomic E-state index is 0.138. The van der Waals surface area contributed by atoms with Gasteiger partial charge in [0.2, 0.25) is 17.8 Å². The maximum absolute atomic E-state index is 11.4. The monoisotopic (exact) mass is 266 g/mol. The lowest BCUT2D eigenvalue weighted by atomic mass is 10.1. The number of likely N-dealkylation sites (tertiary alicyclic amines) is 1. The first-order valence-electron chi connectivity index (χ1n) is 6.10. The van der Waals surface area contributed by atoms with Gasteiger partial charge in [-0.3, -0.25) is 4.79 Å². The van der Waals surface area contributed by atoms with Gasteiger partial charge in [-0.15, -0.1) is 0 Å². The molecule has 0 saturated carbocycles. The number of rotatable bonds is 4. The number of carbonyl (C=O) groups excluding carboxylic acids is 1. The van der Waals surface area contributed by atoms with Crippen LogP contribution in [0.2, 0.25) is 0 Å². The lowest BCUT2D eigenvalue weighted by Gasteiger charge is -2.30. The summed E-state index contributed by atoms with van der Waals surface area (Å²) in [5.74, 6) is 1.06. The normalized spacial score (nSPS) is 19.2. The molecule has 1 aromatic rings. The topological polar surface area (TPSA) is 92.3 Å². The Morgan fingerprint density at radius 1 is 1.32 bits per heavy atom. The zero-order valence-corrected chi connectivity index (χ0v) is 11.3. The highest BCUT2D eigenvalue weighted by Crippen LogP contribution is 2.16. The van der Waals surface area contributed by atoms with Crippen LogP contribution in [0.5, 0.6) is 6.01 Å². The smallest absolute Gasteiger partial charge is 0.322 e. The van der Waals surface area contributed by atoms with Crippen LogP contribution in [0.25, 0.3) is 0 Å². The van der Waals surface area contributed by atoms with E-state index in [1.807, 2.05) is 0 Å². The molecule has 1 saturated heterocycles. The van der Waals surface area contributed by atoms with Gasteiger partial charge in [0.1, 0.15) is 0 Å². The molecule has 0 spiro atoms. The van der Waals surface area contributed by atoms with Crippen molar-refractivity contribution in [1.29, 1.82) is 0 Å². The van der Waals surface area contributed by atoms with Gasteiger partial charge in [-0.25, -0.2) is 0 Å². The van der Waals surface area contributed by atoms with Gasteiger partial charge in [0.15, 0.2) is 0 Å². The average molecular weight is 266 g/mol. The number of nitrogens with zero attached hydrogens (tertiary/aromatic N) is 4.